The highest BCUT2D eigenvalue weighted by atomic mass is 32.2. The second-order valence-electron chi connectivity index (χ2n) is 6.74. The Labute approximate surface area is 183 Å². The van der Waals surface area contributed by atoms with Gasteiger partial charge in [-0.05, 0) is 36.8 Å². The number of rotatable bonds is 9. The summed E-state index contributed by atoms with van der Waals surface area (Å²) in [6, 6.07) is 10.1. The van der Waals surface area contributed by atoms with Crippen LogP contribution < -0.4 is 10.5 Å². The number of nitrogens with two attached hydrogens (primary N) is 1. The van der Waals surface area contributed by atoms with E-state index < -0.39 is 14.9 Å². The number of carbonyl (C=O) groups is 1. The summed E-state index contributed by atoms with van der Waals surface area (Å²) < 4.78 is 25.2. The Morgan fingerprint density at radius 1 is 1.26 bits per heavy atom. The zero-order valence-corrected chi connectivity index (χ0v) is 18.3. The third kappa shape index (κ3) is 5.60. The topological polar surface area (TPSA) is 150 Å². The number of anilines is 1. The summed E-state index contributed by atoms with van der Waals surface area (Å²) in [5.74, 6) is -0.229. The molecular weight excluding hydrogens is 442 g/mol. The lowest BCUT2D eigenvalue weighted by atomic mass is 10.3. The summed E-state index contributed by atoms with van der Waals surface area (Å²) in [4.78, 5) is 27.0. The van der Waals surface area contributed by atoms with Crippen LogP contribution in [0.5, 0.6) is 0 Å². The molecule has 0 aliphatic rings. The Hall–Kier alpha value is -2.96. The molecule has 12 heteroatoms. The summed E-state index contributed by atoms with van der Waals surface area (Å²) in [6.45, 7) is 2.73. The third-order valence-corrected chi connectivity index (χ3v) is 6.33. The van der Waals surface area contributed by atoms with E-state index in [0.29, 0.717) is 22.9 Å². The van der Waals surface area contributed by atoms with Crippen molar-refractivity contribution in [3.8, 4) is 0 Å². The molecule has 0 unspecified atom stereocenters. The van der Waals surface area contributed by atoms with Gasteiger partial charge in [0.1, 0.15) is 0 Å². The number of non-ortho nitro benzene ring substituents is 1. The van der Waals surface area contributed by atoms with E-state index in [9.17, 15) is 23.3 Å². The smallest absolute Gasteiger partial charge is 0.269 e. The second kappa shape index (κ2) is 9.45. The number of thioether (sulfide) groups is 1. The number of fused-ring (bicyclic) bond motifs is 1. The van der Waals surface area contributed by atoms with Gasteiger partial charge < -0.3 is 9.88 Å². The largest absolute Gasteiger partial charge is 0.325 e. The number of aromatic nitrogens is 2. The van der Waals surface area contributed by atoms with Gasteiger partial charge in [0.2, 0.25) is 15.9 Å². The lowest BCUT2D eigenvalue weighted by Crippen LogP contribution is -2.14. The van der Waals surface area contributed by atoms with Crippen LogP contribution in [0.3, 0.4) is 0 Å². The number of amides is 1. The number of aryl methyl sites for hydroxylation is 1. The number of carbonyl (C=O) groups excluding carboxylic acids is 1. The zero-order chi connectivity index (χ0) is 22.6. The van der Waals surface area contributed by atoms with Crippen molar-refractivity contribution in [2.45, 2.75) is 36.4 Å². The number of unbranched alkanes of at least 4 members (excludes halogenated alkanes) is 1. The maximum Gasteiger partial charge on any atom is 0.269 e. The standard InChI is InChI=1S/C19H21N5O5S2/c1-2-3-10-23-17-9-8-15(31(20,28)29)11-16(17)22-19(23)30-12-18(25)21-13-4-6-14(7-5-13)24(26)27/h4-9,11H,2-3,10,12H2,1H3,(H,21,25)(H2,20,28,29). The van der Waals surface area contributed by atoms with Crippen LogP contribution in [-0.2, 0) is 21.4 Å². The fourth-order valence-electron chi connectivity index (χ4n) is 2.90. The van der Waals surface area contributed by atoms with E-state index >= 15 is 0 Å². The highest BCUT2D eigenvalue weighted by Crippen LogP contribution is 2.27. The van der Waals surface area contributed by atoms with E-state index in [-0.39, 0.29) is 22.2 Å². The molecule has 2 aromatic carbocycles. The number of nitro benzene ring substituents is 1. The number of sulfonamides is 1. The first-order valence-electron chi connectivity index (χ1n) is 9.39. The predicted molar refractivity (Wildman–Crippen MR) is 118 cm³/mol. The molecule has 0 bridgehead atoms. The molecule has 0 aliphatic carbocycles. The molecule has 3 N–H and O–H groups in total. The molecule has 0 spiro atoms. The molecule has 0 radical (unpaired) electrons. The van der Waals surface area contributed by atoms with Gasteiger partial charge in [0.05, 0.1) is 26.6 Å². The Morgan fingerprint density at radius 3 is 2.58 bits per heavy atom. The van der Waals surface area contributed by atoms with Gasteiger partial charge in [0.25, 0.3) is 5.69 Å². The van der Waals surface area contributed by atoms with E-state index in [4.69, 9.17) is 5.14 Å². The summed E-state index contributed by atoms with van der Waals surface area (Å²) in [6.07, 6.45) is 1.85. The van der Waals surface area contributed by atoms with Gasteiger partial charge in [0.15, 0.2) is 5.16 Å². The van der Waals surface area contributed by atoms with Crippen molar-refractivity contribution in [3.05, 3.63) is 52.6 Å². The molecular formula is C19H21N5O5S2. The normalized spacial score (nSPS) is 11.5. The highest BCUT2D eigenvalue weighted by Gasteiger charge is 2.16. The monoisotopic (exact) mass is 463 g/mol. The minimum absolute atomic E-state index is 0.0207. The fraction of sp³-hybridized carbons (Fsp3) is 0.263. The minimum atomic E-state index is -3.85. The quantitative estimate of drug-likeness (QED) is 0.281. The van der Waals surface area contributed by atoms with E-state index in [1.54, 1.807) is 6.07 Å². The minimum Gasteiger partial charge on any atom is -0.325 e. The first-order chi connectivity index (χ1) is 14.7. The van der Waals surface area contributed by atoms with Gasteiger partial charge in [-0.2, -0.15) is 0 Å². The van der Waals surface area contributed by atoms with Crippen LogP contribution in [-0.4, -0.2) is 34.6 Å². The predicted octanol–water partition coefficient (Wildman–Crippen LogP) is 3.12. The zero-order valence-electron chi connectivity index (χ0n) is 16.6. The van der Waals surface area contributed by atoms with Gasteiger partial charge in [-0.1, -0.05) is 25.1 Å². The summed E-state index contributed by atoms with van der Waals surface area (Å²) in [5.41, 5.74) is 1.64. The van der Waals surface area contributed by atoms with Crippen LogP contribution in [0.4, 0.5) is 11.4 Å². The van der Waals surface area contributed by atoms with Crippen molar-refractivity contribution >= 4 is 50.1 Å². The van der Waals surface area contributed by atoms with Crippen LogP contribution >= 0.6 is 11.8 Å². The molecule has 31 heavy (non-hydrogen) atoms. The SMILES string of the molecule is CCCCn1c(SCC(=O)Nc2ccc([N+](=O)[O-])cc2)nc2cc(S(N)(=O)=O)ccc21. The van der Waals surface area contributed by atoms with E-state index in [0.717, 1.165) is 18.4 Å². The number of nitro groups is 1. The molecule has 1 amide bonds. The first-order valence-corrected chi connectivity index (χ1v) is 11.9. The van der Waals surface area contributed by atoms with Gasteiger partial charge in [0, 0.05) is 24.4 Å². The Kier molecular flexibility index (Phi) is 6.93. The summed E-state index contributed by atoms with van der Waals surface area (Å²) >= 11 is 1.22. The molecule has 1 aromatic heterocycles. The first kappa shape index (κ1) is 22.7. The maximum absolute atomic E-state index is 12.3. The number of primary sulfonamides is 1. The van der Waals surface area contributed by atoms with Crippen LogP contribution in [0.25, 0.3) is 11.0 Å². The molecule has 1 heterocycles. The van der Waals surface area contributed by atoms with Crippen molar-refractivity contribution in [2.75, 3.05) is 11.1 Å². The Balaban J connectivity index is 1.77. The Bertz CT molecular complexity index is 1220. The molecule has 0 saturated carbocycles. The average molecular weight is 464 g/mol. The number of nitrogens with one attached hydrogen (secondary N) is 1. The van der Waals surface area contributed by atoms with Crippen LogP contribution in [0.15, 0.2) is 52.5 Å². The molecule has 0 aliphatic heterocycles. The number of imidazole rings is 1. The molecule has 3 aromatic rings. The van der Waals surface area contributed by atoms with Crippen LogP contribution in [0, 0.1) is 10.1 Å². The Morgan fingerprint density at radius 2 is 1.97 bits per heavy atom. The molecule has 0 atom stereocenters. The van der Waals surface area contributed by atoms with Crippen molar-refractivity contribution < 1.29 is 18.1 Å². The lowest BCUT2D eigenvalue weighted by molar-refractivity contribution is -0.384. The third-order valence-electron chi connectivity index (χ3n) is 4.44. The van der Waals surface area contributed by atoms with Crippen molar-refractivity contribution in [1.82, 2.24) is 9.55 Å². The van der Waals surface area contributed by atoms with Crippen LogP contribution in [0.1, 0.15) is 19.8 Å². The molecule has 3 rings (SSSR count). The average Bonchev–Trinajstić information content (AvgIpc) is 3.07. The van der Waals surface area contributed by atoms with Gasteiger partial charge >= 0.3 is 0 Å². The summed E-state index contributed by atoms with van der Waals surface area (Å²) in [7, 11) is -3.85. The highest BCUT2D eigenvalue weighted by molar-refractivity contribution is 7.99. The van der Waals surface area contributed by atoms with Crippen molar-refractivity contribution in [2.24, 2.45) is 5.14 Å². The number of nitrogens with zero attached hydrogens (tertiary/aromatic N) is 3. The number of hydrogen-bond acceptors (Lipinski definition) is 7. The number of hydrogen-bond donors (Lipinski definition) is 2. The van der Waals surface area contributed by atoms with Crippen molar-refractivity contribution in [3.63, 3.8) is 0 Å². The molecule has 0 saturated heterocycles. The van der Waals surface area contributed by atoms with Gasteiger partial charge in [-0.3, -0.25) is 14.9 Å². The lowest BCUT2D eigenvalue weighted by Gasteiger charge is -2.09. The fourth-order valence-corrected chi connectivity index (χ4v) is 4.27. The van der Waals surface area contributed by atoms with E-state index in [2.05, 4.69) is 17.2 Å². The van der Waals surface area contributed by atoms with E-state index in [1.165, 1.54) is 48.2 Å². The van der Waals surface area contributed by atoms with Gasteiger partial charge in [-0.15, -0.1) is 0 Å². The molecule has 164 valence electrons. The molecule has 10 nitrogen and oxygen atoms in total. The second-order valence-corrected chi connectivity index (χ2v) is 9.24. The maximum atomic E-state index is 12.3. The van der Waals surface area contributed by atoms with Crippen molar-refractivity contribution in [1.29, 1.82) is 0 Å². The van der Waals surface area contributed by atoms with Crippen LogP contribution in [0.2, 0.25) is 0 Å². The van der Waals surface area contributed by atoms with E-state index in [1.807, 2.05) is 4.57 Å². The molecule has 0 fully saturated rings. The number of benzene rings is 2. The van der Waals surface area contributed by atoms with Gasteiger partial charge in [-0.25, -0.2) is 18.5 Å². The summed E-state index contributed by atoms with van der Waals surface area (Å²) in [5, 5.41) is 19.2.